The van der Waals surface area contributed by atoms with Crippen molar-refractivity contribution in [3.05, 3.63) is 118 Å². The van der Waals surface area contributed by atoms with Crippen molar-refractivity contribution >= 4 is 47.4 Å². The molecule has 2 saturated heterocycles. The van der Waals surface area contributed by atoms with Gasteiger partial charge in [-0.3, -0.25) is 9.59 Å². The molecule has 0 aromatic heterocycles. The van der Waals surface area contributed by atoms with Crippen LogP contribution >= 0.6 is 11.8 Å². The number of benzene rings is 3. The van der Waals surface area contributed by atoms with E-state index in [1.54, 1.807) is 47.0 Å². The molecule has 14 heteroatoms. The molecule has 2 fully saturated rings. The number of amides is 3. The van der Waals surface area contributed by atoms with Crippen LogP contribution in [0.3, 0.4) is 0 Å². The lowest BCUT2D eigenvalue weighted by molar-refractivity contribution is -0.164. The Kier molecular flexibility index (Phi) is 11.1. The van der Waals surface area contributed by atoms with Gasteiger partial charge in [-0.15, -0.1) is 11.8 Å². The predicted molar refractivity (Wildman–Crippen MR) is 202 cm³/mol. The molecule has 3 aliphatic rings. The topological polar surface area (TPSA) is 150 Å². The van der Waals surface area contributed by atoms with Crippen molar-refractivity contribution in [1.82, 2.24) is 15.5 Å². The first-order chi connectivity index (χ1) is 26.0. The lowest BCUT2D eigenvalue weighted by Gasteiger charge is -2.52. The lowest BCUT2D eigenvalue weighted by atomic mass is 9.86. The van der Waals surface area contributed by atoms with Crippen LogP contribution in [-0.4, -0.2) is 70.1 Å². The van der Waals surface area contributed by atoms with E-state index in [2.05, 4.69) is 10.6 Å². The zero-order chi connectivity index (χ0) is 39.7. The van der Waals surface area contributed by atoms with Crippen LogP contribution < -0.4 is 15.4 Å². The van der Waals surface area contributed by atoms with Gasteiger partial charge in [0.2, 0.25) is 11.8 Å². The van der Waals surface area contributed by atoms with E-state index in [1.165, 1.54) is 17.0 Å². The van der Waals surface area contributed by atoms with Gasteiger partial charge in [0.25, 0.3) is 0 Å². The Balaban J connectivity index is 1.43. The fourth-order valence-corrected chi connectivity index (χ4v) is 7.64. The lowest BCUT2D eigenvalue weighted by Crippen LogP contribution is -2.74. The van der Waals surface area contributed by atoms with Gasteiger partial charge in [0, 0.05) is 29.3 Å². The molecule has 3 heterocycles. The van der Waals surface area contributed by atoms with Crippen molar-refractivity contribution < 1.29 is 47.3 Å². The highest BCUT2D eigenvalue weighted by atomic mass is 32.2. The molecule has 0 unspecified atom stereocenters. The maximum atomic E-state index is 16.3. The molecule has 3 aromatic rings. The molecule has 3 aromatic carbocycles. The minimum Gasteiger partial charge on any atom is -0.451 e. The summed E-state index contributed by atoms with van der Waals surface area (Å²) in [6.45, 7) is 10.3. The second kappa shape index (κ2) is 15.6. The third kappa shape index (κ3) is 8.86. The number of nitrogens with zero attached hydrogens (tertiary/aromatic N) is 1. The number of alkyl carbamates (subject to hydrolysis) is 1. The normalized spacial score (nSPS) is 20.4. The van der Waals surface area contributed by atoms with Crippen molar-refractivity contribution in [1.29, 1.82) is 0 Å². The number of nitrogens with one attached hydrogen (secondary N) is 2. The number of hydrogen-bond acceptors (Lipinski definition) is 10. The summed E-state index contributed by atoms with van der Waals surface area (Å²) in [6.07, 6.45) is -2.56. The summed E-state index contributed by atoms with van der Waals surface area (Å²) < 4.78 is 38.4. The highest BCUT2D eigenvalue weighted by Crippen LogP contribution is 2.47. The molecule has 0 spiro atoms. The standard InChI is InChI=1S/C41H42FN3O9S/c1-40(2,3)53-38(49)44-31-35(47)45-32(37(48)52-33(23-13-9-7-10-14-23)24-15-11-8-12-16-24)28(22-55-36(31)45)30(27-19-20-43-34(27)46)26-18-17-25(21-29(26)42)51-39(50)54-41(4,5)6/h7-18,21-22,31-33,36H,19-20H2,1-6H3,(H,43,46)(H,44,49)/t31-,32-,36-/m1/s1. The second-order valence-corrected chi connectivity index (χ2v) is 16.1. The molecule has 3 atom stereocenters. The van der Waals surface area contributed by atoms with Crippen LogP contribution in [0.25, 0.3) is 5.57 Å². The van der Waals surface area contributed by atoms with Crippen molar-refractivity contribution in [3.63, 3.8) is 0 Å². The van der Waals surface area contributed by atoms with E-state index in [1.807, 2.05) is 60.7 Å². The molecule has 0 radical (unpaired) electrons. The number of carbonyl (C=O) groups excluding carboxylic acids is 5. The number of esters is 1. The number of rotatable bonds is 8. The highest BCUT2D eigenvalue weighted by Gasteiger charge is 2.57. The quantitative estimate of drug-likeness (QED) is 0.0823. The van der Waals surface area contributed by atoms with Crippen molar-refractivity contribution in [2.75, 3.05) is 6.54 Å². The van der Waals surface area contributed by atoms with Crippen LogP contribution in [0.15, 0.2) is 95.4 Å². The average Bonchev–Trinajstić information content (AvgIpc) is 3.54. The van der Waals surface area contributed by atoms with Crippen LogP contribution in [0.1, 0.15) is 70.8 Å². The molecule has 3 aliphatic heterocycles. The summed E-state index contributed by atoms with van der Waals surface area (Å²) in [5.41, 5.74) is -0.0415. The molecule has 0 bridgehead atoms. The number of fused-ring (bicyclic) bond motifs is 1. The van der Waals surface area contributed by atoms with E-state index < -0.39 is 70.6 Å². The summed E-state index contributed by atoms with van der Waals surface area (Å²) in [7, 11) is 0. The van der Waals surface area contributed by atoms with Crippen molar-refractivity contribution in [2.24, 2.45) is 0 Å². The van der Waals surface area contributed by atoms with E-state index in [4.69, 9.17) is 18.9 Å². The van der Waals surface area contributed by atoms with Crippen LogP contribution in [0, 0.1) is 5.82 Å². The van der Waals surface area contributed by atoms with Gasteiger partial charge in [-0.25, -0.2) is 18.8 Å². The van der Waals surface area contributed by atoms with Gasteiger partial charge < -0.3 is 34.5 Å². The fourth-order valence-electron chi connectivity index (χ4n) is 6.41. The number of carbonyl (C=O) groups is 5. The highest BCUT2D eigenvalue weighted by molar-refractivity contribution is 8.03. The van der Waals surface area contributed by atoms with Gasteiger partial charge in [-0.2, -0.15) is 0 Å². The van der Waals surface area contributed by atoms with Crippen LogP contribution in [-0.2, 0) is 28.6 Å². The number of thioether (sulfide) groups is 1. The zero-order valence-electron chi connectivity index (χ0n) is 31.2. The van der Waals surface area contributed by atoms with Gasteiger partial charge in [0.15, 0.2) is 12.1 Å². The van der Waals surface area contributed by atoms with Gasteiger partial charge in [0.1, 0.15) is 34.2 Å². The van der Waals surface area contributed by atoms with E-state index in [-0.39, 0.29) is 41.0 Å². The van der Waals surface area contributed by atoms with Crippen molar-refractivity contribution in [2.45, 2.75) is 82.7 Å². The van der Waals surface area contributed by atoms with Crippen LogP contribution in [0.5, 0.6) is 5.75 Å². The number of β-lactam (4-membered cyclic amide) rings is 1. The summed E-state index contributed by atoms with van der Waals surface area (Å²) in [4.78, 5) is 68.6. The average molecular weight is 772 g/mol. The fraction of sp³-hybridized carbons (Fsp3) is 0.341. The van der Waals surface area contributed by atoms with E-state index in [9.17, 15) is 24.0 Å². The number of ether oxygens (including phenoxy) is 4. The third-order valence-electron chi connectivity index (χ3n) is 8.65. The van der Waals surface area contributed by atoms with Crippen molar-refractivity contribution in [3.8, 4) is 5.75 Å². The van der Waals surface area contributed by atoms with E-state index in [0.29, 0.717) is 11.1 Å². The van der Waals surface area contributed by atoms with Crippen LogP contribution in [0.2, 0.25) is 0 Å². The minimum atomic E-state index is -1.47. The summed E-state index contributed by atoms with van der Waals surface area (Å²) in [6, 6.07) is 19.3. The minimum absolute atomic E-state index is 0.0780. The van der Waals surface area contributed by atoms with Gasteiger partial charge >= 0.3 is 18.2 Å². The first kappa shape index (κ1) is 39.1. The SMILES string of the molecule is CC(C)(C)OC(=O)N[C@@H]1C(=O)N2[C@@H](C(=O)OC(c3ccccc3)c3ccccc3)C(C(=C3CCNC3=O)c3ccc(OC(=O)OC(C)(C)C)cc3F)=CS[C@H]12. The zero-order valence-corrected chi connectivity index (χ0v) is 32.0. The maximum absolute atomic E-state index is 16.3. The Morgan fingerprint density at radius 1 is 0.891 bits per heavy atom. The predicted octanol–water partition coefficient (Wildman–Crippen LogP) is 6.81. The molecule has 2 N–H and O–H groups in total. The molecular weight excluding hydrogens is 730 g/mol. The Hall–Kier alpha value is -5.63. The monoisotopic (exact) mass is 771 g/mol. The molecular formula is C41H42FN3O9S. The summed E-state index contributed by atoms with van der Waals surface area (Å²) in [5.74, 6) is -2.95. The Bertz CT molecular complexity index is 2020. The smallest absolute Gasteiger partial charge is 0.451 e. The maximum Gasteiger partial charge on any atom is 0.514 e. The second-order valence-electron chi connectivity index (χ2n) is 15.1. The molecule has 12 nitrogen and oxygen atoms in total. The Morgan fingerprint density at radius 2 is 1.51 bits per heavy atom. The van der Waals surface area contributed by atoms with Crippen LogP contribution in [0.4, 0.5) is 14.0 Å². The van der Waals surface area contributed by atoms with Gasteiger partial charge in [-0.05, 0) is 82.2 Å². The molecule has 288 valence electrons. The molecule has 55 heavy (non-hydrogen) atoms. The largest absolute Gasteiger partial charge is 0.514 e. The Morgan fingerprint density at radius 3 is 2.05 bits per heavy atom. The number of halogens is 1. The third-order valence-corrected chi connectivity index (χ3v) is 9.82. The molecule has 3 amide bonds. The summed E-state index contributed by atoms with van der Waals surface area (Å²) >= 11 is 1.12. The first-order valence-electron chi connectivity index (χ1n) is 17.7. The van der Waals surface area contributed by atoms with E-state index in [0.717, 1.165) is 17.8 Å². The number of hydrogen-bond donors (Lipinski definition) is 2. The summed E-state index contributed by atoms with van der Waals surface area (Å²) in [5, 5.41) is 6.19. The van der Waals surface area contributed by atoms with E-state index >= 15 is 4.39 Å². The molecule has 0 saturated carbocycles. The molecule has 6 rings (SSSR count). The van der Waals surface area contributed by atoms with Gasteiger partial charge in [0.05, 0.1) is 0 Å². The first-order valence-corrected chi connectivity index (χ1v) is 18.6. The van der Waals surface area contributed by atoms with Gasteiger partial charge in [-0.1, -0.05) is 60.7 Å². The molecule has 0 aliphatic carbocycles. The Labute approximate surface area is 322 Å².